The van der Waals surface area contributed by atoms with Gasteiger partial charge in [-0.1, -0.05) is 52.3 Å². The second-order valence-corrected chi connectivity index (χ2v) is 7.35. The molecule has 0 saturated heterocycles. The number of aryl methyl sites for hydroxylation is 1. The van der Waals surface area contributed by atoms with Gasteiger partial charge in [0.05, 0.1) is 5.60 Å². The fourth-order valence-corrected chi connectivity index (χ4v) is 0.990. The number of hydrogen-bond donors (Lipinski definition) is 1. The lowest BCUT2D eigenvalue weighted by Crippen LogP contribution is -2.38. The highest BCUT2D eigenvalue weighted by Gasteiger charge is 2.32. The van der Waals surface area contributed by atoms with E-state index in [0.29, 0.717) is 5.92 Å². The molecule has 1 atom stereocenters. The van der Waals surface area contributed by atoms with Crippen LogP contribution in [0.1, 0.15) is 60.5 Å². The maximum atomic E-state index is 5.43. The highest BCUT2D eigenvalue weighted by atomic mass is 16.5. The second-order valence-electron chi connectivity index (χ2n) is 7.35. The molecule has 0 aliphatic heterocycles. The average Bonchev–Trinajstić information content (AvgIpc) is 2.49. The van der Waals surface area contributed by atoms with Crippen molar-refractivity contribution >= 4 is 5.69 Å². The standard InChI is InChI=1S/C8H18O.C7H9N.C6H10/c1-7(2,3)8(4,5)9-6;1-6-2-4-7(8)5-3-6;1-4-6(3)5-2/h1-6H3;2-5H,8H2,1H3;1,6H,5H2,2-3H3. The van der Waals surface area contributed by atoms with Crippen molar-refractivity contribution < 1.29 is 4.74 Å². The Morgan fingerprint density at radius 3 is 1.70 bits per heavy atom. The van der Waals surface area contributed by atoms with Crippen molar-refractivity contribution in [3.05, 3.63) is 29.8 Å². The van der Waals surface area contributed by atoms with Crippen molar-refractivity contribution in [1.82, 2.24) is 0 Å². The molecule has 132 valence electrons. The first-order valence-electron chi connectivity index (χ1n) is 8.24. The Bertz CT molecular complexity index is 425. The molecule has 0 bridgehead atoms. The van der Waals surface area contributed by atoms with E-state index in [1.165, 1.54) is 5.56 Å². The fraction of sp³-hybridized carbons (Fsp3) is 0.619. The molecule has 0 aromatic heterocycles. The van der Waals surface area contributed by atoms with E-state index in [4.69, 9.17) is 16.9 Å². The minimum Gasteiger partial charge on any atom is -0.399 e. The van der Waals surface area contributed by atoms with Crippen LogP contribution in [0, 0.1) is 30.6 Å². The minimum absolute atomic E-state index is 0.0208. The molecule has 0 fully saturated rings. The summed E-state index contributed by atoms with van der Waals surface area (Å²) < 4.78 is 5.30. The Kier molecular flexibility index (Phi) is 11.5. The topological polar surface area (TPSA) is 35.2 Å². The van der Waals surface area contributed by atoms with E-state index in [9.17, 15) is 0 Å². The summed E-state index contributed by atoms with van der Waals surface area (Å²) in [5, 5.41) is 0. The zero-order valence-corrected chi connectivity index (χ0v) is 16.7. The Hall–Kier alpha value is -1.46. The van der Waals surface area contributed by atoms with E-state index < -0.39 is 0 Å². The average molecular weight is 320 g/mol. The Labute approximate surface area is 144 Å². The normalized spacial score (nSPS) is 12.0. The Morgan fingerprint density at radius 2 is 1.57 bits per heavy atom. The van der Waals surface area contributed by atoms with Gasteiger partial charge in [0, 0.05) is 18.7 Å². The highest BCUT2D eigenvalue weighted by Crippen LogP contribution is 2.31. The van der Waals surface area contributed by atoms with E-state index in [2.05, 4.69) is 47.5 Å². The molecule has 0 aliphatic carbocycles. The molecule has 23 heavy (non-hydrogen) atoms. The van der Waals surface area contributed by atoms with Gasteiger partial charge in [0.25, 0.3) is 0 Å². The lowest BCUT2D eigenvalue weighted by atomic mass is 9.79. The molecular weight excluding hydrogens is 282 g/mol. The molecule has 1 rings (SSSR count). The summed E-state index contributed by atoms with van der Waals surface area (Å²) in [5.41, 5.74) is 7.71. The van der Waals surface area contributed by atoms with E-state index >= 15 is 0 Å². The van der Waals surface area contributed by atoms with Crippen molar-refractivity contribution in [3.8, 4) is 12.3 Å². The van der Waals surface area contributed by atoms with Crippen LogP contribution in [-0.2, 0) is 4.74 Å². The van der Waals surface area contributed by atoms with Gasteiger partial charge < -0.3 is 10.5 Å². The molecule has 0 amide bonds. The largest absolute Gasteiger partial charge is 0.399 e. The van der Waals surface area contributed by atoms with Crippen molar-refractivity contribution in [2.24, 2.45) is 11.3 Å². The number of ether oxygens (including phenoxy) is 1. The molecular formula is C21H37NO. The smallest absolute Gasteiger partial charge is 0.0670 e. The third-order valence-corrected chi connectivity index (χ3v) is 4.29. The molecule has 1 unspecified atom stereocenters. The number of nitrogens with two attached hydrogens (primary N) is 1. The summed E-state index contributed by atoms with van der Waals surface area (Å²) in [4.78, 5) is 0. The number of terminal acetylenes is 1. The quantitative estimate of drug-likeness (QED) is 0.560. The zero-order chi connectivity index (χ0) is 18.7. The van der Waals surface area contributed by atoms with Crippen molar-refractivity contribution in [2.45, 2.75) is 67.4 Å². The Morgan fingerprint density at radius 1 is 1.13 bits per heavy atom. The molecule has 1 aromatic carbocycles. The molecule has 0 saturated carbocycles. The van der Waals surface area contributed by atoms with Crippen molar-refractivity contribution in [2.75, 3.05) is 12.8 Å². The fourth-order valence-electron chi connectivity index (χ4n) is 0.990. The monoisotopic (exact) mass is 319 g/mol. The predicted molar refractivity (Wildman–Crippen MR) is 104 cm³/mol. The molecule has 2 nitrogen and oxygen atoms in total. The lowest BCUT2D eigenvalue weighted by Gasteiger charge is -2.37. The summed E-state index contributed by atoms with van der Waals surface area (Å²) in [6.45, 7) is 16.9. The summed E-state index contributed by atoms with van der Waals surface area (Å²) in [6, 6.07) is 7.79. The van der Waals surface area contributed by atoms with Crippen LogP contribution >= 0.6 is 0 Å². The number of benzene rings is 1. The van der Waals surface area contributed by atoms with Gasteiger partial charge in [-0.3, -0.25) is 0 Å². The number of anilines is 1. The maximum Gasteiger partial charge on any atom is 0.0670 e. The SMILES string of the molecule is C#CC(C)CC.COC(C)(C)C(C)(C)C.Cc1ccc(N)cc1. The number of methoxy groups -OCH3 is 1. The van der Waals surface area contributed by atoms with Gasteiger partial charge in [-0.25, -0.2) is 0 Å². The summed E-state index contributed by atoms with van der Waals surface area (Å²) in [6.07, 6.45) is 6.13. The highest BCUT2D eigenvalue weighted by molar-refractivity contribution is 5.38. The molecule has 0 spiro atoms. The van der Waals surface area contributed by atoms with E-state index in [1.807, 2.05) is 38.1 Å². The van der Waals surface area contributed by atoms with Crippen LogP contribution < -0.4 is 5.73 Å². The molecule has 1 aromatic rings. The Balaban J connectivity index is 0. The second kappa shape index (κ2) is 11.1. The van der Waals surface area contributed by atoms with Gasteiger partial charge in [-0.05, 0) is 44.7 Å². The number of hydrogen-bond acceptors (Lipinski definition) is 2. The van der Waals surface area contributed by atoms with Crippen LogP contribution in [0.4, 0.5) is 5.69 Å². The van der Waals surface area contributed by atoms with Gasteiger partial charge in [-0.2, -0.15) is 0 Å². The lowest BCUT2D eigenvalue weighted by molar-refractivity contribution is -0.0620. The molecule has 0 aliphatic rings. The molecule has 0 heterocycles. The number of nitrogen functional groups attached to an aromatic ring is 1. The van der Waals surface area contributed by atoms with E-state index in [0.717, 1.165) is 12.1 Å². The molecule has 2 N–H and O–H groups in total. The first-order valence-corrected chi connectivity index (χ1v) is 8.24. The first-order chi connectivity index (χ1) is 10.4. The first kappa shape index (κ1) is 23.8. The predicted octanol–water partition coefficient (Wildman–Crippen LogP) is 5.70. The summed E-state index contributed by atoms with van der Waals surface area (Å²) >= 11 is 0. The maximum absolute atomic E-state index is 5.43. The van der Waals surface area contributed by atoms with Crippen LogP contribution in [0.5, 0.6) is 0 Å². The van der Waals surface area contributed by atoms with Gasteiger partial charge >= 0.3 is 0 Å². The van der Waals surface area contributed by atoms with Gasteiger partial charge in [-0.15, -0.1) is 12.3 Å². The zero-order valence-electron chi connectivity index (χ0n) is 16.7. The summed E-state index contributed by atoms with van der Waals surface area (Å²) in [5.74, 6) is 3.08. The minimum atomic E-state index is -0.0208. The van der Waals surface area contributed by atoms with Crippen LogP contribution in [0.2, 0.25) is 0 Å². The van der Waals surface area contributed by atoms with E-state index in [-0.39, 0.29) is 11.0 Å². The summed E-state index contributed by atoms with van der Waals surface area (Å²) in [7, 11) is 1.76. The van der Waals surface area contributed by atoms with Gasteiger partial charge in [0.2, 0.25) is 0 Å². The van der Waals surface area contributed by atoms with Crippen LogP contribution in [-0.4, -0.2) is 12.7 Å². The third kappa shape index (κ3) is 11.7. The molecule has 2 heteroatoms. The van der Waals surface area contributed by atoms with E-state index in [1.54, 1.807) is 7.11 Å². The van der Waals surface area contributed by atoms with Crippen LogP contribution in [0.3, 0.4) is 0 Å². The van der Waals surface area contributed by atoms with Crippen molar-refractivity contribution in [1.29, 1.82) is 0 Å². The number of rotatable bonds is 2. The van der Waals surface area contributed by atoms with Crippen LogP contribution in [0.15, 0.2) is 24.3 Å². The van der Waals surface area contributed by atoms with Crippen molar-refractivity contribution in [3.63, 3.8) is 0 Å². The molecule has 0 radical (unpaired) electrons. The van der Waals surface area contributed by atoms with Gasteiger partial charge in [0.15, 0.2) is 0 Å². The third-order valence-electron chi connectivity index (χ3n) is 4.29. The van der Waals surface area contributed by atoms with Crippen LogP contribution in [0.25, 0.3) is 0 Å². The van der Waals surface area contributed by atoms with Gasteiger partial charge in [0.1, 0.15) is 0 Å².